The molecule has 1 aromatic carbocycles. The predicted molar refractivity (Wildman–Crippen MR) is 72.9 cm³/mol. The molecular weight excluding hydrogens is 246 g/mol. The molecule has 0 aliphatic heterocycles. The molecule has 0 fully saturated rings. The van der Waals surface area contributed by atoms with Crippen LogP contribution in [0.25, 0.3) is 0 Å². The Morgan fingerprint density at radius 1 is 1.39 bits per heavy atom. The Hall–Kier alpha value is -1.39. The number of aryl methyl sites for hydroxylation is 1. The maximum atomic E-state index is 9.92. The Morgan fingerprint density at radius 3 is 2.83 bits per heavy atom. The van der Waals surface area contributed by atoms with Crippen LogP contribution in [-0.4, -0.2) is 10.1 Å². The number of aliphatic hydroxyl groups excluding tert-OH is 1. The summed E-state index contributed by atoms with van der Waals surface area (Å²) in [5, 5.41) is 12.9. The minimum atomic E-state index is -0.473. The van der Waals surface area contributed by atoms with Gasteiger partial charge in [0.25, 0.3) is 0 Å². The minimum Gasteiger partial charge on any atom is -0.486 e. The summed E-state index contributed by atoms with van der Waals surface area (Å²) >= 11 is 1.59. The van der Waals surface area contributed by atoms with E-state index in [9.17, 15) is 5.11 Å². The lowest BCUT2D eigenvalue weighted by Crippen LogP contribution is -2.02. The number of ether oxygens (including phenoxy) is 1. The van der Waals surface area contributed by atoms with Crippen LogP contribution in [0.15, 0.2) is 29.6 Å². The summed E-state index contributed by atoms with van der Waals surface area (Å²) in [6.45, 7) is 4.37. The molecular formula is C14H17NO2S. The largest absolute Gasteiger partial charge is 0.486 e. The molecule has 1 N–H and O–H groups in total. The van der Waals surface area contributed by atoms with Crippen molar-refractivity contribution < 1.29 is 9.84 Å². The first-order valence-corrected chi connectivity index (χ1v) is 6.89. The minimum absolute atomic E-state index is 0.450. The van der Waals surface area contributed by atoms with Gasteiger partial charge < -0.3 is 9.84 Å². The molecule has 2 aromatic rings. The van der Waals surface area contributed by atoms with E-state index in [1.54, 1.807) is 11.3 Å². The van der Waals surface area contributed by atoms with Gasteiger partial charge in [0, 0.05) is 16.6 Å². The molecule has 3 nitrogen and oxygen atoms in total. The van der Waals surface area contributed by atoms with Crippen molar-refractivity contribution in [2.75, 3.05) is 0 Å². The van der Waals surface area contributed by atoms with Gasteiger partial charge in [-0.05, 0) is 19.4 Å². The van der Waals surface area contributed by atoms with Gasteiger partial charge in [0.1, 0.15) is 17.4 Å². The number of aliphatic hydroxyl groups is 1. The van der Waals surface area contributed by atoms with E-state index in [1.165, 1.54) is 0 Å². The molecule has 1 atom stereocenters. The molecule has 0 radical (unpaired) electrons. The van der Waals surface area contributed by atoms with Crippen molar-refractivity contribution in [1.82, 2.24) is 4.98 Å². The van der Waals surface area contributed by atoms with Gasteiger partial charge in [-0.15, -0.1) is 11.3 Å². The summed E-state index contributed by atoms with van der Waals surface area (Å²) in [4.78, 5) is 4.35. The van der Waals surface area contributed by atoms with Crippen LogP contribution in [0, 0.1) is 6.92 Å². The summed E-state index contributed by atoms with van der Waals surface area (Å²) < 4.78 is 5.75. The maximum Gasteiger partial charge on any atom is 0.140 e. The van der Waals surface area contributed by atoms with Gasteiger partial charge in [0.15, 0.2) is 0 Å². The Morgan fingerprint density at radius 2 is 2.17 bits per heavy atom. The van der Waals surface area contributed by atoms with Crippen molar-refractivity contribution >= 4 is 11.3 Å². The van der Waals surface area contributed by atoms with Gasteiger partial charge in [-0.25, -0.2) is 4.98 Å². The maximum absolute atomic E-state index is 9.92. The Bertz CT molecular complexity index is 510. The molecule has 1 aromatic heterocycles. The third-order valence-corrected chi connectivity index (χ3v) is 3.62. The number of rotatable bonds is 5. The molecule has 0 spiro atoms. The normalized spacial score (nSPS) is 12.4. The SMILES string of the molecule is CC[C@H](O)c1ccccc1OCc1nc(C)cs1. The van der Waals surface area contributed by atoms with Crippen LogP contribution in [0.5, 0.6) is 5.75 Å². The zero-order valence-electron chi connectivity index (χ0n) is 10.6. The Kier molecular flexibility index (Phi) is 4.33. The third-order valence-electron chi connectivity index (χ3n) is 2.68. The first-order chi connectivity index (χ1) is 8.70. The van der Waals surface area contributed by atoms with Gasteiger partial charge in [0.05, 0.1) is 6.10 Å². The highest BCUT2D eigenvalue weighted by atomic mass is 32.1. The number of hydrogen-bond donors (Lipinski definition) is 1. The van der Waals surface area contributed by atoms with Crippen molar-refractivity contribution in [3.05, 3.63) is 45.9 Å². The zero-order chi connectivity index (χ0) is 13.0. The summed E-state index contributed by atoms with van der Waals surface area (Å²) in [5.41, 5.74) is 1.86. The number of benzene rings is 1. The van der Waals surface area contributed by atoms with E-state index >= 15 is 0 Å². The number of hydrogen-bond acceptors (Lipinski definition) is 4. The van der Waals surface area contributed by atoms with E-state index < -0.39 is 6.10 Å². The highest BCUT2D eigenvalue weighted by Crippen LogP contribution is 2.27. The molecule has 18 heavy (non-hydrogen) atoms. The summed E-state index contributed by atoms with van der Waals surface area (Å²) in [7, 11) is 0. The Balaban J connectivity index is 2.09. The summed E-state index contributed by atoms with van der Waals surface area (Å²) in [6, 6.07) is 7.61. The van der Waals surface area contributed by atoms with Gasteiger partial charge in [-0.3, -0.25) is 0 Å². The fourth-order valence-corrected chi connectivity index (χ4v) is 2.40. The van der Waals surface area contributed by atoms with Crippen LogP contribution in [0.2, 0.25) is 0 Å². The monoisotopic (exact) mass is 263 g/mol. The molecule has 4 heteroatoms. The van der Waals surface area contributed by atoms with Crippen molar-refractivity contribution in [2.24, 2.45) is 0 Å². The summed E-state index contributed by atoms with van der Waals surface area (Å²) in [5.74, 6) is 0.736. The second-order valence-corrected chi connectivity index (χ2v) is 5.08. The average molecular weight is 263 g/mol. The fourth-order valence-electron chi connectivity index (χ4n) is 1.72. The average Bonchev–Trinajstić information content (AvgIpc) is 2.81. The number of nitrogens with zero attached hydrogens (tertiary/aromatic N) is 1. The standard InChI is InChI=1S/C14H17NO2S/c1-3-12(16)11-6-4-5-7-13(11)17-8-14-15-10(2)9-18-14/h4-7,9,12,16H,3,8H2,1-2H3/t12-/m0/s1. The molecule has 2 rings (SSSR count). The molecule has 0 unspecified atom stereocenters. The van der Waals surface area contributed by atoms with Gasteiger partial charge >= 0.3 is 0 Å². The second kappa shape index (κ2) is 5.98. The van der Waals surface area contributed by atoms with Crippen LogP contribution in [0.4, 0.5) is 0 Å². The zero-order valence-corrected chi connectivity index (χ0v) is 11.4. The summed E-state index contributed by atoms with van der Waals surface area (Å²) in [6.07, 6.45) is 0.204. The van der Waals surface area contributed by atoms with Crippen molar-refractivity contribution in [3.8, 4) is 5.75 Å². The van der Waals surface area contributed by atoms with E-state index in [1.807, 2.05) is 43.5 Å². The third kappa shape index (κ3) is 3.09. The van der Waals surface area contributed by atoms with Crippen LogP contribution < -0.4 is 4.74 Å². The van der Waals surface area contributed by atoms with Gasteiger partial charge in [-0.1, -0.05) is 25.1 Å². The molecule has 0 amide bonds. The van der Waals surface area contributed by atoms with E-state index in [2.05, 4.69) is 4.98 Å². The Labute approximate surface area is 111 Å². The molecule has 0 saturated heterocycles. The quantitative estimate of drug-likeness (QED) is 0.898. The number of thiazole rings is 1. The molecule has 0 bridgehead atoms. The van der Waals surface area contributed by atoms with Gasteiger partial charge in [0.2, 0.25) is 0 Å². The van der Waals surface area contributed by atoms with E-state index in [4.69, 9.17) is 4.74 Å². The highest BCUT2D eigenvalue weighted by Gasteiger charge is 2.11. The van der Waals surface area contributed by atoms with Crippen molar-refractivity contribution in [3.63, 3.8) is 0 Å². The molecule has 0 aliphatic rings. The van der Waals surface area contributed by atoms with E-state index in [0.717, 1.165) is 22.0 Å². The van der Waals surface area contributed by atoms with Crippen LogP contribution in [0.3, 0.4) is 0 Å². The molecule has 96 valence electrons. The van der Waals surface area contributed by atoms with Crippen molar-refractivity contribution in [2.45, 2.75) is 33.0 Å². The van der Waals surface area contributed by atoms with Crippen LogP contribution in [0.1, 0.15) is 35.7 Å². The second-order valence-electron chi connectivity index (χ2n) is 4.13. The first kappa shape index (κ1) is 13.1. The predicted octanol–water partition coefficient (Wildman–Crippen LogP) is 3.47. The molecule has 1 heterocycles. The van der Waals surface area contributed by atoms with Gasteiger partial charge in [-0.2, -0.15) is 0 Å². The lowest BCUT2D eigenvalue weighted by molar-refractivity contribution is 0.166. The van der Waals surface area contributed by atoms with E-state index in [-0.39, 0.29) is 0 Å². The smallest absolute Gasteiger partial charge is 0.140 e. The van der Waals surface area contributed by atoms with Crippen LogP contribution >= 0.6 is 11.3 Å². The number of para-hydroxylation sites is 1. The fraction of sp³-hybridized carbons (Fsp3) is 0.357. The number of aromatic nitrogens is 1. The van der Waals surface area contributed by atoms with E-state index in [0.29, 0.717) is 13.0 Å². The molecule has 0 aliphatic carbocycles. The lowest BCUT2D eigenvalue weighted by atomic mass is 10.1. The molecule has 0 saturated carbocycles. The van der Waals surface area contributed by atoms with Crippen molar-refractivity contribution in [1.29, 1.82) is 0 Å². The lowest BCUT2D eigenvalue weighted by Gasteiger charge is -2.14. The topological polar surface area (TPSA) is 42.4 Å². The van der Waals surface area contributed by atoms with Crippen LogP contribution in [-0.2, 0) is 6.61 Å². The first-order valence-electron chi connectivity index (χ1n) is 6.01. The highest BCUT2D eigenvalue weighted by molar-refractivity contribution is 7.09.